The molecular formula is C56H42N2. The molecule has 8 aromatic rings. The van der Waals surface area contributed by atoms with E-state index in [1.165, 1.54) is 112 Å². The fourth-order valence-corrected chi connectivity index (χ4v) is 10.8. The van der Waals surface area contributed by atoms with Crippen LogP contribution in [0.2, 0.25) is 0 Å². The van der Waals surface area contributed by atoms with E-state index in [1.807, 2.05) is 0 Å². The molecule has 2 heteroatoms. The topological polar surface area (TPSA) is 6.48 Å². The third-order valence-corrected chi connectivity index (χ3v) is 13.5. The number of fused-ring (bicyclic) bond motifs is 14. The van der Waals surface area contributed by atoms with Gasteiger partial charge in [0.1, 0.15) is 0 Å². The quantitative estimate of drug-likeness (QED) is 0.174. The van der Waals surface area contributed by atoms with Gasteiger partial charge in [0.15, 0.2) is 0 Å². The minimum absolute atomic E-state index is 0.256. The van der Waals surface area contributed by atoms with Crippen molar-refractivity contribution in [3.63, 3.8) is 0 Å². The molecule has 0 aromatic heterocycles. The predicted molar refractivity (Wildman–Crippen MR) is 246 cm³/mol. The molecule has 276 valence electrons. The summed E-state index contributed by atoms with van der Waals surface area (Å²) in [6, 6.07) is 58.7. The Bertz CT molecular complexity index is 2830. The van der Waals surface area contributed by atoms with Gasteiger partial charge in [0.05, 0.1) is 22.7 Å². The zero-order valence-corrected chi connectivity index (χ0v) is 33.2. The van der Waals surface area contributed by atoms with Crippen molar-refractivity contribution in [3.8, 4) is 22.3 Å². The summed E-state index contributed by atoms with van der Waals surface area (Å²) in [4.78, 5) is 4.92. The van der Waals surface area contributed by atoms with Gasteiger partial charge < -0.3 is 9.80 Å². The van der Waals surface area contributed by atoms with Crippen LogP contribution in [0.4, 0.5) is 34.1 Å². The Morgan fingerprint density at radius 2 is 0.655 bits per heavy atom. The summed E-state index contributed by atoms with van der Waals surface area (Å²) in [5.74, 6) is 0. The maximum absolute atomic E-state index is 2.49. The highest BCUT2D eigenvalue weighted by Crippen LogP contribution is 2.63. The molecule has 0 bridgehead atoms. The molecule has 58 heavy (non-hydrogen) atoms. The second-order valence-corrected chi connectivity index (χ2v) is 17.3. The lowest BCUT2D eigenvalue weighted by Gasteiger charge is -2.32. The Kier molecular flexibility index (Phi) is 6.78. The summed E-state index contributed by atoms with van der Waals surface area (Å²) >= 11 is 0. The first-order valence-corrected chi connectivity index (χ1v) is 20.5. The number of benzene rings is 8. The molecule has 0 fully saturated rings. The average molecular weight is 743 g/mol. The van der Waals surface area contributed by atoms with Gasteiger partial charge in [-0.3, -0.25) is 0 Å². The van der Waals surface area contributed by atoms with Crippen molar-refractivity contribution in [2.75, 3.05) is 9.80 Å². The van der Waals surface area contributed by atoms with Crippen molar-refractivity contribution in [1.29, 1.82) is 0 Å². The van der Waals surface area contributed by atoms with E-state index in [-0.39, 0.29) is 10.8 Å². The summed E-state index contributed by atoms with van der Waals surface area (Å²) in [5.41, 5.74) is 22.6. The number of hydrogen-bond donors (Lipinski definition) is 0. The first-order chi connectivity index (χ1) is 28.3. The predicted octanol–water partition coefficient (Wildman–Crippen LogP) is 15.4. The van der Waals surface area contributed by atoms with E-state index in [2.05, 4.69) is 220 Å². The number of rotatable bonds is 2. The largest absolute Gasteiger partial charge is 0.309 e. The summed E-state index contributed by atoms with van der Waals surface area (Å²) in [7, 11) is 0. The highest BCUT2D eigenvalue weighted by atomic mass is 15.2. The van der Waals surface area contributed by atoms with Gasteiger partial charge in [0.2, 0.25) is 0 Å². The highest BCUT2D eigenvalue weighted by Gasteiger charge is 2.47. The van der Waals surface area contributed by atoms with Crippen LogP contribution in [0, 0.1) is 0 Å². The van der Waals surface area contributed by atoms with Crippen molar-refractivity contribution < 1.29 is 0 Å². The Balaban J connectivity index is 1.06. The number of hydrogen-bond acceptors (Lipinski definition) is 2. The van der Waals surface area contributed by atoms with Crippen LogP contribution < -0.4 is 9.80 Å². The van der Waals surface area contributed by atoms with Crippen LogP contribution >= 0.6 is 0 Å². The van der Waals surface area contributed by atoms with Gasteiger partial charge >= 0.3 is 0 Å². The van der Waals surface area contributed by atoms with Crippen LogP contribution in [0.3, 0.4) is 0 Å². The normalized spacial score (nSPS) is 15.7. The van der Waals surface area contributed by atoms with Crippen molar-refractivity contribution in [3.05, 3.63) is 202 Å². The molecule has 0 unspecified atom stereocenters. The minimum atomic E-state index is -0.256. The molecule has 8 aromatic carbocycles. The van der Waals surface area contributed by atoms with Crippen LogP contribution in [0.5, 0.6) is 0 Å². The van der Waals surface area contributed by atoms with Crippen molar-refractivity contribution >= 4 is 69.2 Å². The molecule has 2 heterocycles. The van der Waals surface area contributed by atoms with Gasteiger partial charge in [-0.2, -0.15) is 0 Å². The Morgan fingerprint density at radius 1 is 0.345 bits per heavy atom. The fraction of sp³-hybridized carbons (Fsp3) is 0.107. The average Bonchev–Trinajstić information content (AvgIpc) is 3.44. The first-order valence-electron chi connectivity index (χ1n) is 20.5. The van der Waals surface area contributed by atoms with E-state index >= 15 is 0 Å². The number of anilines is 6. The highest BCUT2D eigenvalue weighted by molar-refractivity contribution is 6.13. The van der Waals surface area contributed by atoms with Crippen LogP contribution in [0.1, 0.15) is 72.2 Å². The molecule has 12 rings (SSSR count). The lowest BCUT2D eigenvalue weighted by molar-refractivity contribution is 0.602. The zero-order valence-electron chi connectivity index (χ0n) is 33.2. The van der Waals surface area contributed by atoms with Gasteiger partial charge in [-0.25, -0.2) is 0 Å². The van der Waals surface area contributed by atoms with Crippen LogP contribution in [-0.2, 0) is 10.8 Å². The molecule has 0 N–H and O–H groups in total. The van der Waals surface area contributed by atoms with Gasteiger partial charge in [-0.15, -0.1) is 0 Å². The van der Waals surface area contributed by atoms with Crippen LogP contribution in [0.15, 0.2) is 158 Å². The standard InChI is InChI=1S/C56H42N2/c1-55(2)45-33-39(57-47-21-11-5-15-35(47)25-26-36-16-6-12-22-48(36)57)29-31-43(45)51-41-19-9-10-20-42(41)52-44-32-30-40(34-46(44)56(3,4)54(52)53(51)55)58-49-23-13-7-17-37(49)27-28-38-18-8-14-24-50(38)58/h5-34H,1-4H3. The lowest BCUT2D eigenvalue weighted by Crippen LogP contribution is -2.24. The summed E-state index contributed by atoms with van der Waals surface area (Å²) in [6.07, 6.45) is 9.01. The lowest BCUT2D eigenvalue weighted by atomic mass is 9.71. The summed E-state index contributed by atoms with van der Waals surface area (Å²) in [6.45, 7) is 9.85. The van der Waals surface area contributed by atoms with E-state index in [0.29, 0.717) is 0 Å². The summed E-state index contributed by atoms with van der Waals surface area (Å²) < 4.78 is 0. The molecule has 0 spiro atoms. The molecule has 2 aliphatic heterocycles. The summed E-state index contributed by atoms with van der Waals surface area (Å²) in [5, 5.41) is 2.67. The number of nitrogens with zero attached hydrogens (tertiary/aromatic N) is 2. The molecule has 0 saturated heterocycles. The second-order valence-electron chi connectivity index (χ2n) is 17.3. The third-order valence-electron chi connectivity index (χ3n) is 13.5. The number of para-hydroxylation sites is 4. The van der Waals surface area contributed by atoms with E-state index < -0.39 is 0 Å². The zero-order chi connectivity index (χ0) is 38.9. The molecule has 0 atom stereocenters. The maximum atomic E-state index is 2.49. The van der Waals surface area contributed by atoms with E-state index in [9.17, 15) is 0 Å². The first kappa shape index (κ1) is 33.3. The van der Waals surface area contributed by atoms with Crippen molar-refractivity contribution in [1.82, 2.24) is 0 Å². The third kappa shape index (κ3) is 4.43. The van der Waals surface area contributed by atoms with Gasteiger partial charge in [0, 0.05) is 22.2 Å². The molecule has 4 aliphatic rings. The SMILES string of the molecule is CC1(C)c2cc(N3c4ccccc4C=Cc4ccccc43)ccc2-c2c1c1c(c3ccccc23)-c2ccc(N3c4ccccc4C=Cc4ccccc43)cc2C1(C)C. The minimum Gasteiger partial charge on any atom is -0.309 e. The van der Waals surface area contributed by atoms with Crippen LogP contribution in [-0.4, -0.2) is 0 Å². The van der Waals surface area contributed by atoms with Gasteiger partial charge in [0.25, 0.3) is 0 Å². The second kappa shape index (κ2) is 11.8. The van der Waals surface area contributed by atoms with E-state index in [0.717, 1.165) is 0 Å². The molecule has 0 amide bonds. The molecule has 2 nitrogen and oxygen atoms in total. The van der Waals surface area contributed by atoms with Gasteiger partial charge in [-0.1, -0.05) is 161 Å². The van der Waals surface area contributed by atoms with Crippen LogP contribution in [0.25, 0.3) is 57.3 Å². The maximum Gasteiger partial charge on any atom is 0.0534 e. The molecular weight excluding hydrogens is 701 g/mol. The molecule has 0 radical (unpaired) electrons. The van der Waals surface area contributed by atoms with Gasteiger partial charge in [-0.05, 0) is 126 Å². The van der Waals surface area contributed by atoms with Crippen molar-refractivity contribution in [2.24, 2.45) is 0 Å². The Morgan fingerprint density at radius 3 is 1.00 bits per heavy atom. The Labute approximate surface area is 340 Å². The molecule has 0 saturated carbocycles. The fourth-order valence-electron chi connectivity index (χ4n) is 10.8. The smallest absolute Gasteiger partial charge is 0.0534 e. The monoisotopic (exact) mass is 742 g/mol. The van der Waals surface area contributed by atoms with E-state index in [1.54, 1.807) is 0 Å². The Hall–Kier alpha value is -6.90. The van der Waals surface area contributed by atoms with Crippen molar-refractivity contribution in [2.45, 2.75) is 38.5 Å². The van der Waals surface area contributed by atoms with E-state index in [4.69, 9.17) is 0 Å². The molecule has 2 aliphatic carbocycles.